The van der Waals surface area contributed by atoms with E-state index in [-0.39, 0.29) is 29.2 Å². The van der Waals surface area contributed by atoms with Gasteiger partial charge >= 0.3 is 0 Å². The number of hydrogen-bond acceptors (Lipinski definition) is 4. The molecule has 0 N–H and O–H groups in total. The Morgan fingerprint density at radius 3 is 2.60 bits per heavy atom. The molecule has 0 radical (unpaired) electrons. The summed E-state index contributed by atoms with van der Waals surface area (Å²) in [6.07, 6.45) is 0.444. The molecule has 158 valence electrons. The summed E-state index contributed by atoms with van der Waals surface area (Å²) >= 11 is 3.47. The molecule has 1 aliphatic rings. The number of hydrogen-bond donors (Lipinski definition) is 0. The van der Waals surface area contributed by atoms with Crippen LogP contribution in [0.3, 0.4) is 0 Å². The standard InChI is InChI=1S/C23H24BrNO4S/c1-14-7-8-20-16(3)22(29-21(20)15(14)2)23(26)25(19-9-10-30(27,28)13-19)12-17-5-4-6-18(24)11-17/h4-8,11,19H,9-10,12-13H2,1-3H3. The van der Waals surface area contributed by atoms with Gasteiger partial charge in [0.05, 0.1) is 11.5 Å². The molecule has 1 amide bonds. The summed E-state index contributed by atoms with van der Waals surface area (Å²) in [5.41, 5.74) is 4.55. The first kappa shape index (κ1) is 21.1. The van der Waals surface area contributed by atoms with Gasteiger partial charge in [-0.1, -0.05) is 40.2 Å². The van der Waals surface area contributed by atoms with E-state index in [1.165, 1.54) is 0 Å². The lowest BCUT2D eigenvalue weighted by molar-refractivity contribution is 0.0649. The molecule has 1 fully saturated rings. The molecular formula is C23H24BrNO4S. The first-order valence-electron chi connectivity index (χ1n) is 9.91. The van der Waals surface area contributed by atoms with Crippen LogP contribution in [0.2, 0.25) is 0 Å². The van der Waals surface area contributed by atoms with Crippen molar-refractivity contribution in [3.63, 3.8) is 0 Å². The van der Waals surface area contributed by atoms with Crippen molar-refractivity contribution >= 4 is 42.6 Å². The molecule has 4 rings (SSSR count). The Hall–Kier alpha value is -2.12. The number of rotatable bonds is 4. The number of amides is 1. The number of nitrogens with zero attached hydrogens (tertiary/aromatic N) is 1. The number of halogens is 1. The van der Waals surface area contributed by atoms with E-state index in [2.05, 4.69) is 15.9 Å². The predicted molar refractivity (Wildman–Crippen MR) is 121 cm³/mol. The smallest absolute Gasteiger partial charge is 0.290 e. The van der Waals surface area contributed by atoms with E-state index in [4.69, 9.17) is 4.42 Å². The SMILES string of the molecule is Cc1ccc2c(C)c(C(=O)N(Cc3cccc(Br)c3)C3CCS(=O)(=O)C3)oc2c1C. The molecule has 1 saturated heterocycles. The van der Waals surface area contributed by atoms with Crippen LogP contribution in [0.4, 0.5) is 0 Å². The highest BCUT2D eigenvalue weighted by Crippen LogP contribution is 2.32. The maximum absolute atomic E-state index is 13.6. The third-order valence-electron chi connectivity index (χ3n) is 5.97. The van der Waals surface area contributed by atoms with Gasteiger partial charge < -0.3 is 9.32 Å². The van der Waals surface area contributed by atoms with E-state index in [0.29, 0.717) is 13.0 Å². The van der Waals surface area contributed by atoms with E-state index >= 15 is 0 Å². The fraction of sp³-hybridized carbons (Fsp3) is 0.348. The van der Waals surface area contributed by atoms with Crippen LogP contribution in [0.5, 0.6) is 0 Å². The van der Waals surface area contributed by atoms with Crippen LogP contribution < -0.4 is 0 Å². The van der Waals surface area contributed by atoms with E-state index in [9.17, 15) is 13.2 Å². The molecule has 0 spiro atoms. The van der Waals surface area contributed by atoms with Crippen LogP contribution in [0, 0.1) is 20.8 Å². The monoisotopic (exact) mass is 489 g/mol. The van der Waals surface area contributed by atoms with Crippen molar-refractivity contribution in [1.82, 2.24) is 4.90 Å². The molecule has 2 aromatic carbocycles. The van der Waals surface area contributed by atoms with Crippen molar-refractivity contribution in [2.24, 2.45) is 0 Å². The highest BCUT2D eigenvalue weighted by atomic mass is 79.9. The van der Waals surface area contributed by atoms with Crippen LogP contribution >= 0.6 is 15.9 Å². The Balaban J connectivity index is 1.76. The second-order valence-corrected chi connectivity index (χ2v) is 11.2. The van der Waals surface area contributed by atoms with Crippen molar-refractivity contribution < 1.29 is 17.6 Å². The van der Waals surface area contributed by atoms with Gasteiger partial charge in [0, 0.05) is 28.0 Å². The van der Waals surface area contributed by atoms with E-state index < -0.39 is 9.84 Å². The first-order valence-corrected chi connectivity index (χ1v) is 12.5. The first-order chi connectivity index (χ1) is 14.2. The van der Waals surface area contributed by atoms with E-state index in [1.54, 1.807) is 4.90 Å². The molecule has 0 aliphatic carbocycles. The summed E-state index contributed by atoms with van der Waals surface area (Å²) in [4.78, 5) is 15.3. The Labute approximate surface area is 185 Å². The minimum absolute atomic E-state index is 0.00977. The molecule has 1 atom stereocenters. The fourth-order valence-electron chi connectivity index (χ4n) is 4.07. The van der Waals surface area contributed by atoms with Gasteiger partial charge in [0.25, 0.3) is 5.91 Å². The van der Waals surface area contributed by atoms with Crippen LogP contribution in [-0.2, 0) is 16.4 Å². The summed E-state index contributed by atoms with van der Waals surface area (Å²) in [6.45, 7) is 6.21. The fourth-order valence-corrected chi connectivity index (χ4v) is 6.25. The van der Waals surface area contributed by atoms with Crippen molar-refractivity contribution in [1.29, 1.82) is 0 Å². The molecule has 7 heteroatoms. The molecule has 5 nitrogen and oxygen atoms in total. The third kappa shape index (κ3) is 3.93. The molecule has 30 heavy (non-hydrogen) atoms. The average Bonchev–Trinajstić information content (AvgIpc) is 3.22. The van der Waals surface area contributed by atoms with Gasteiger partial charge in [-0.2, -0.15) is 0 Å². The van der Waals surface area contributed by atoms with Crippen LogP contribution in [-0.4, -0.2) is 36.8 Å². The number of carbonyl (C=O) groups excluding carboxylic acids is 1. The summed E-state index contributed by atoms with van der Waals surface area (Å²) < 4.78 is 31.3. The lowest BCUT2D eigenvalue weighted by Gasteiger charge is -2.28. The van der Waals surface area contributed by atoms with Crippen molar-refractivity contribution in [2.75, 3.05) is 11.5 Å². The van der Waals surface area contributed by atoms with Crippen LogP contribution in [0.1, 0.15) is 39.2 Å². The normalized spacial score (nSPS) is 18.1. The second kappa shape index (κ2) is 7.85. The van der Waals surface area contributed by atoms with Crippen molar-refractivity contribution in [3.8, 4) is 0 Å². The molecular weight excluding hydrogens is 466 g/mol. The Bertz CT molecular complexity index is 1250. The third-order valence-corrected chi connectivity index (χ3v) is 8.22. The van der Waals surface area contributed by atoms with Gasteiger partial charge in [-0.25, -0.2) is 8.42 Å². The maximum Gasteiger partial charge on any atom is 0.290 e. The van der Waals surface area contributed by atoms with Gasteiger partial charge in [0.1, 0.15) is 5.58 Å². The van der Waals surface area contributed by atoms with Gasteiger partial charge in [0.15, 0.2) is 15.6 Å². The molecule has 0 bridgehead atoms. The number of furan rings is 1. The second-order valence-electron chi connectivity index (χ2n) is 8.06. The van der Waals surface area contributed by atoms with Crippen LogP contribution in [0.15, 0.2) is 45.3 Å². The average molecular weight is 490 g/mol. The minimum Gasteiger partial charge on any atom is -0.450 e. The Morgan fingerprint density at radius 1 is 1.17 bits per heavy atom. The summed E-state index contributed by atoms with van der Waals surface area (Å²) in [6, 6.07) is 11.4. The van der Waals surface area contributed by atoms with Gasteiger partial charge in [-0.3, -0.25) is 4.79 Å². The molecule has 1 aromatic heterocycles. The number of sulfone groups is 1. The topological polar surface area (TPSA) is 67.6 Å². The highest BCUT2D eigenvalue weighted by Gasteiger charge is 2.36. The zero-order valence-corrected chi connectivity index (χ0v) is 19.6. The largest absolute Gasteiger partial charge is 0.450 e. The summed E-state index contributed by atoms with van der Waals surface area (Å²) in [5.74, 6) is 0.127. The maximum atomic E-state index is 13.6. The van der Waals surface area contributed by atoms with Crippen LogP contribution in [0.25, 0.3) is 11.0 Å². The van der Waals surface area contributed by atoms with Crippen molar-refractivity contribution in [3.05, 3.63) is 68.9 Å². The minimum atomic E-state index is -3.14. The molecule has 1 unspecified atom stereocenters. The Morgan fingerprint density at radius 2 is 1.93 bits per heavy atom. The zero-order valence-electron chi connectivity index (χ0n) is 17.2. The highest BCUT2D eigenvalue weighted by molar-refractivity contribution is 9.10. The number of benzene rings is 2. The lowest BCUT2D eigenvalue weighted by Crippen LogP contribution is -2.40. The quantitative estimate of drug-likeness (QED) is 0.519. The lowest BCUT2D eigenvalue weighted by atomic mass is 10.0. The zero-order chi connectivity index (χ0) is 21.6. The van der Waals surface area contributed by atoms with Gasteiger partial charge in [-0.05, 0) is 56.0 Å². The molecule has 3 aromatic rings. The molecule has 1 aliphatic heterocycles. The molecule has 0 saturated carbocycles. The van der Waals surface area contributed by atoms with E-state index in [0.717, 1.165) is 37.7 Å². The number of fused-ring (bicyclic) bond motifs is 1. The summed E-state index contributed by atoms with van der Waals surface area (Å²) in [5, 5.41) is 0.919. The number of carbonyl (C=O) groups is 1. The van der Waals surface area contributed by atoms with Crippen molar-refractivity contribution in [2.45, 2.75) is 39.8 Å². The summed E-state index contributed by atoms with van der Waals surface area (Å²) in [7, 11) is -3.14. The molecule has 2 heterocycles. The van der Waals surface area contributed by atoms with E-state index in [1.807, 2.05) is 57.2 Å². The number of aryl methyl sites for hydroxylation is 3. The predicted octanol–water partition coefficient (Wildman–Crippen LogP) is 4.95. The van der Waals surface area contributed by atoms with Gasteiger partial charge in [0.2, 0.25) is 0 Å². The Kier molecular flexibility index (Phi) is 5.53. The van der Waals surface area contributed by atoms with Gasteiger partial charge in [-0.15, -0.1) is 0 Å².